The van der Waals surface area contributed by atoms with E-state index in [0.29, 0.717) is 38.6 Å². The fourth-order valence-corrected chi connectivity index (χ4v) is 6.25. The van der Waals surface area contributed by atoms with E-state index in [0.717, 1.165) is 11.1 Å². The summed E-state index contributed by atoms with van der Waals surface area (Å²) in [5.74, 6) is -3.38. The molecule has 280 valence electrons. The summed E-state index contributed by atoms with van der Waals surface area (Å²) >= 11 is 0. The Bertz CT molecular complexity index is 1420. The Morgan fingerprint density at radius 2 is 1.31 bits per heavy atom. The lowest BCUT2D eigenvalue weighted by Gasteiger charge is -2.38. The van der Waals surface area contributed by atoms with Gasteiger partial charge in [-0.3, -0.25) is 24.0 Å². The maximum absolute atomic E-state index is 14.0. The normalized spacial score (nSPS) is 16.4. The molecule has 2 aromatic carbocycles. The van der Waals surface area contributed by atoms with Crippen molar-refractivity contribution < 1.29 is 29.1 Å². The largest absolute Gasteiger partial charge is 0.480 e. The van der Waals surface area contributed by atoms with Gasteiger partial charge in [-0.25, -0.2) is 0 Å². The molecule has 1 saturated heterocycles. The zero-order chi connectivity index (χ0) is 37.4. The lowest BCUT2D eigenvalue weighted by atomic mass is 9.88. The summed E-state index contributed by atoms with van der Waals surface area (Å²) in [6.45, 7) is 4.66. The summed E-state index contributed by atoms with van der Waals surface area (Å²) in [6.07, 6.45) is 3.23. The van der Waals surface area contributed by atoms with Crippen LogP contribution in [0.4, 0.5) is 0 Å². The minimum absolute atomic E-state index is 0.00749. The fraction of sp³-hybridized carbons (Fsp3) is 0.553. The van der Waals surface area contributed by atoms with Crippen molar-refractivity contribution in [2.45, 2.75) is 95.3 Å². The van der Waals surface area contributed by atoms with Crippen LogP contribution in [-0.2, 0) is 36.8 Å². The van der Waals surface area contributed by atoms with E-state index in [-0.39, 0.29) is 63.0 Å². The van der Waals surface area contributed by atoms with E-state index < -0.39 is 47.4 Å². The van der Waals surface area contributed by atoms with Crippen molar-refractivity contribution >= 4 is 29.6 Å². The molecule has 4 amide bonds. The molecule has 0 spiro atoms. The van der Waals surface area contributed by atoms with Crippen molar-refractivity contribution in [1.82, 2.24) is 20.9 Å². The number of rotatable bonds is 20. The summed E-state index contributed by atoms with van der Waals surface area (Å²) in [5, 5.41) is 18.2. The smallest absolute Gasteiger partial charge is 0.323 e. The van der Waals surface area contributed by atoms with Crippen LogP contribution in [0, 0.1) is 11.8 Å². The van der Waals surface area contributed by atoms with E-state index >= 15 is 0 Å². The molecule has 3 rings (SSSR count). The van der Waals surface area contributed by atoms with Gasteiger partial charge in [0.05, 0.1) is 5.92 Å². The number of amides is 4. The SMILES string of the molecule is CC(C)C[C@@H](NC(=O)[C@@H](CCc1ccccc1)NC(=O)[C@@H](CN)Cc1ccccc1)C(=O)N[C@H](CCCCN)C(=O)N1CCC(N)(C(=O)O)CC1. The molecule has 0 unspecified atom stereocenters. The van der Waals surface area contributed by atoms with Gasteiger partial charge in [-0.15, -0.1) is 0 Å². The number of piperidine rings is 1. The molecule has 1 heterocycles. The Hall–Kier alpha value is -4.33. The van der Waals surface area contributed by atoms with E-state index in [1.807, 2.05) is 74.5 Å². The summed E-state index contributed by atoms with van der Waals surface area (Å²) in [4.78, 5) is 68.3. The van der Waals surface area contributed by atoms with Gasteiger partial charge in [0, 0.05) is 19.6 Å². The third kappa shape index (κ3) is 13.1. The van der Waals surface area contributed by atoms with E-state index in [2.05, 4.69) is 16.0 Å². The number of likely N-dealkylation sites (tertiary alicyclic amines) is 1. The first-order valence-electron chi connectivity index (χ1n) is 18.1. The van der Waals surface area contributed by atoms with Gasteiger partial charge in [0.1, 0.15) is 23.7 Å². The van der Waals surface area contributed by atoms with Gasteiger partial charge >= 0.3 is 5.97 Å². The maximum Gasteiger partial charge on any atom is 0.323 e. The second kappa shape index (κ2) is 20.5. The van der Waals surface area contributed by atoms with Crippen LogP contribution in [0.1, 0.15) is 69.9 Å². The predicted molar refractivity (Wildman–Crippen MR) is 196 cm³/mol. The van der Waals surface area contributed by atoms with Gasteiger partial charge in [-0.05, 0) is 81.4 Å². The Labute approximate surface area is 301 Å². The minimum Gasteiger partial charge on any atom is -0.480 e. The molecule has 0 saturated carbocycles. The molecule has 1 aliphatic rings. The van der Waals surface area contributed by atoms with Crippen LogP contribution in [0.25, 0.3) is 0 Å². The molecule has 1 fully saturated rings. The highest BCUT2D eigenvalue weighted by Crippen LogP contribution is 2.21. The number of nitrogens with two attached hydrogens (primary N) is 3. The van der Waals surface area contributed by atoms with E-state index in [9.17, 15) is 29.1 Å². The van der Waals surface area contributed by atoms with Crippen LogP contribution < -0.4 is 33.2 Å². The van der Waals surface area contributed by atoms with Crippen molar-refractivity contribution in [3.8, 4) is 0 Å². The maximum atomic E-state index is 14.0. The molecule has 0 radical (unpaired) electrons. The molecule has 2 aromatic rings. The lowest BCUT2D eigenvalue weighted by molar-refractivity contribution is -0.148. The quantitative estimate of drug-likeness (QED) is 0.0989. The number of nitrogens with zero attached hydrogens (tertiary/aromatic N) is 1. The first kappa shape index (κ1) is 41.1. The van der Waals surface area contributed by atoms with Crippen LogP contribution in [0.2, 0.25) is 0 Å². The van der Waals surface area contributed by atoms with Crippen LogP contribution in [0.3, 0.4) is 0 Å². The lowest BCUT2D eigenvalue weighted by Crippen LogP contribution is -2.60. The second-order valence-corrected chi connectivity index (χ2v) is 14.0. The van der Waals surface area contributed by atoms with Gasteiger partial charge < -0.3 is 43.2 Å². The van der Waals surface area contributed by atoms with Crippen molar-refractivity contribution in [1.29, 1.82) is 0 Å². The topological polar surface area (TPSA) is 223 Å². The number of hydrogen-bond acceptors (Lipinski definition) is 8. The molecule has 1 aliphatic heterocycles. The number of unbranched alkanes of at least 4 members (excludes halogenated alkanes) is 1. The van der Waals surface area contributed by atoms with Crippen LogP contribution >= 0.6 is 0 Å². The van der Waals surface area contributed by atoms with Gasteiger partial charge in [0.2, 0.25) is 23.6 Å². The number of carbonyl (C=O) groups excluding carboxylic acids is 4. The highest BCUT2D eigenvalue weighted by atomic mass is 16.4. The Kier molecular flexibility index (Phi) is 16.5. The van der Waals surface area contributed by atoms with Gasteiger partial charge in [0.15, 0.2) is 0 Å². The average Bonchev–Trinajstić information content (AvgIpc) is 3.12. The Morgan fingerprint density at radius 3 is 1.86 bits per heavy atom. The van der Waals surface area contributed by atoms with Gasteiger partial charge in [-0.1, -0.05) is 74.5 Å². The highest BCUT2D eigenvalue weighted by Gasteiger charge is 2.40. The number of carboxylic acid groups (broad SMARTS) is 1. The van der Waals surface area contributed by atoms with E-state index in [1.54, 1.807) is 0 Å². The summed E-state index contributed by atoms with van der Waals surface area (Å²) in [7, 11) is 0. The second-order valence-electron chi connectivity index (χ2n) is 14.0. The highest BCUT2D eigenvalue weighted by molar-refractivity contribution is 5.94. The van der Waals surface area contributed by atoms with E-state index in [1.165, 1.54) is 4.90 Å². The van der Waals surface area contributed by atoms with Gasteiger partial charge in [-0.2, -0.15) is 0 Å². The number of carboxylic acids is 1. The molecule has 10 N–H and O–H groups in total. The zero-order valence-corrected chi connectivity index (χ0v) is 30.0. The van der Waals surface area contributed by atoms with E-state index in [4.69, 9.17) is 17.2 Å². The molecule has 0 aromatic heterocycles. The summed E-state index contributed by atoms with van der Waals surface area (Å²) in [5.41, 5.74) is 18.3. The minimum atomic E-state index is -1.40. The number of aryl methyl sites for hydroxylation is 1. The summed E-state index contributed by atoms with van der Waals surface area (Å²) < 4.78 is 0. The van der Waals surface area contributed by atoms with Crippen molar-refractivity contribution in [3.63, 3.8) is 0 Å². The molecular weight excluding hydrogens is 650 g/mol. The fourth-order valence-electron chi connectivity index (χ4n) is 6.25. The van der Waals surface area contributed by atoms with Crippen molar-refractivity contribution in [2.75, 3.05) is 26.2 Å². The molecule has 13 nitrogen and oxygen atoms in total. The number of nitrogens with one attached hydrogen (secondary N) is 3. The Morgan fingerprint density at radius 1 is 0.765 bits per heavy atom. The third-order valence-electron chi connectivity index (χ3n) is 9.47. The average molecular weight is 708 g/mol. The molecule has 0 bridgehead atoms. The first-order valence-corrected chi connectivity index (χ1v) is 18.1. The predicted octanol–water partition coefficient (Wildman–Crippen LogP) is 1.47. The van der Waals surface area contributed by atoms with Crippen LogP contribution in [-0.4, -0.2) is 89.4 Å². The van der Waals surface area contributed by atoms with Crippen LogP contribution in [0.5, 0.6) is 0 Å². The molecule has 13 heteroatoms. The molecule has 51 heavy (non-hydrogen) atoms. The standard InChI is InChI=1S/C38H57N7O6/c1-26(2)23-32(35(48)43-31(15-9-10-20-39)36(49)45-21-18-38(41,19-22-45)37(50)51)44-34(47)30(17-16-27-11-5-3-6-12-27)42-33(46)29(25-40)24-28-13-7-4-8-14-28/h3-8,11-14,26,29-32H,9-10,15-25,39-41H2,1-2H3,(H,42,46)(H,43,48)(H,44,47)(H,50,51)/t29-,30-,31-,32-/m1/s1. The monoisotopic (exact) mass is 707 g/mol. The van der Waals surface area contributed by atoms with Crippen molar-refractivity contribution in [2.24, 2.45) is 29.0 Å². The first-order chi connectivity index (χ1) is 24.4. The number of benzene rings is 2. The van der Waals surface area contributed by atoms with Crippen LogP contribution in [0.15, 0.2) is 60.7 Å². The van der Waals surface area contributed by atoms with Crippen molar-refractivity contribution in [3.05, 3.63) is 71.8 Å². The number of aliphatic carboxylic acids is 1. The van der Waals surface area contributed by atoms with Gasteiger partial charge in [0.25, 0.3) is 0 Å². The number of carbonyl (C=O) groups is 5. The Balaban J connectivity index is 1.78. The zero-order valence-electron chi connectivity index (χ0n) is 30.0. The molecule has 0 aliphatic carbocycles. The third-order valence-corrected chi connectivity index (χ3v) is 9.47. The molecule has 4 atom stereocenters. The molecular formula is C38H57N7O6. The number of hydrogen-bond donors (Lipinski definition) is 7. The summed E-state index contributed by atoms with van der Waals surface area (Å²) in [6, 6.07) is 16.3.